The maximum atomic E-state index is 12.5. The monoisotopic (exact) mass is 355 g/mol. The van der Waals surface area contributed by atoms with E-state index in [0.717, 1.165) is 22.2 Å². The second kappa shape index (κ2) is 6.57. The Balaban J connectivity index is 1.55. The molecule has 1 fully saturated rings. The van der Waals surface area contributed by atoms with Gasteiger partial charge in [-0.1, -0.05) is 23.8 Å². The summed E-state index contributed by atoms with van der Waals surface area (Å²) in [6.45, 7) is 2.02. The highest BCUT2D eigenvalue weighted by Gasteiger charge is 2.19. The van der Waals surface area contributed by atoms with Crippen molar-refractivity contribution in [1.29, 1.82) is 0 Å². The van der Waals surface area contributed by atoms with Gasteiger partial charge in [-0.15, -0.1) is 23.5 Å². The lowest BCUT2D eigenvalue weighted by Gasteiger charge is -2.10. The van der Waals surface area contributed by atoms with Gasteiger partial charge in [0.2, 0.25) is 0 Å². The molecule has 0 aliphatic carbocycles. The van der Waals surface area contributed by atoms with Crippen LogP contribution >= 0.6 is 23.5 Å². The minimum absolute atomic E-state index is 0.215. The molecule has 24 heavy (non-hydrogen) atoms. The molecule has 0 unspecified atom stereocenters. The van der Waals surface area contributed by atoms with Gasteiger partial charge in [-0.3, -0.25) is 4.79 Å². The Labute approximate surface area is 149 Å². The molecule has 1 aromatic heterocycles. The van der Waals surface area contributed by atoms with Gasteiger partial charge in [-0.05, 0) is 42.8 Å². The number of carbonyl (C=O) groups is 1. The molecule has 0 bridgehead atoms. The Morgan fingerprint density at radius 3 is 2.79 bits per heavy atom. The molecule has 3 nitrogen and oxygen atoms in total. The van der Waals surface area contributed by atoms with E-state index >= 15 is 0 Å². The fourth-order valence-electron chi connectivity index (χ4n) is 2.78. The van der Waals surface area contributed by atoms with E-state index in [2.05, 4.69) is 17.4 Å². The first-order valence-corrected chi connectivity index (χ1v) is 9.93. The van der Waals surface area contributed by atoms with Crippen LogP contribution in [0.2, 0.25) is 0 Å². The van der Waals surface area contributed by atoms with Crippen molar-refractivity contribution in [3.8, 4) is 0 Å². The number of thioether (sulfide) groups is 2. The van der Waals surface area contributed by atoms with E-state index in [-0.39, 0.29) is 5.91 Å². The summed E-state index contributed by atoms with van der Waals surface area (Å²) < 4.78 is 6.14. The van der Waals surface area contributed by atoms with E-state index in [9.17, 15) is 4.79 Å². The zero-order chi connectivity index (χ0) is 16.5. The van der Waals surface area contributed by atoms with Crippen LogP contribution in [0.1, 0.15) is 26.3 Å². The standard InChI is InChI=1S/C19H17NO2S2/c1-12-5-6-16-14(9-12)11-17(22-16)18(21)20-15-4-2-3-13(10-15)19-23-7-8-24-19/h2-6,9-11,19H,7-8H2,1H3,(H,20,21). The zero-order valence-electron chi connectivity index (χ0n) is 13.2. The number of benzene rings is 2. The summed E-state index contributed by atoms with van der Waals surface area (Å²) in [7, 11) is 0. The molecule has 1 aliphatic rings. The lowest BCUT2D eigenvalue weighted by molar-refractivity contribution is 0.0998. The maximum absolute atomic E-state index is 12.5. The highest BCUT2D eigenvalue weighted by Crippen LogP contribution is 2.45. The van der Waals surface area contributed by atoms with Gasteiger partial charge >= 0.3 is 0 Å². The van der Waals surface area contributed by atoms with Gasteiger partial charge in [-0.25, -0.2) is 0 Å². The molecule has 2 heterocycles. The van der Waals surface area contributed by atoms with Crippen molar-refractivity contribution < 1.29 is 9.21 Å². The average molecular weight is 355 g/mol. The Morgan fingerprint density at radius 1 is 1.12 bits per heavy atom. The van der Waals surface area contributed by atoms with Gasteiger partial charge in [0.25, 0.3) is 5.91 Å². The van der Waals surface area contributed by atoms with E-state index in [1.165, 1.54) is 17.1 Å². The summed E-state index contributed by atoms with van der Waals surface area (Å²) in [5, 5.41) is 3.90. The Hall–Kier alpha value is -1.85. The summed E-state index contributed by atoms with van der Waals surface area (Å²) in [5.74, 6) is 2.49. The molecule has 4 rings (SSSR count). The number of hydrogen-bond donors (Lipinski definition) is 1. The molecule has 0 saturated carbocycles. The molecule has 3 aromatic rings. The van der Waals surface area contributed by atoms with Crippen molar-refractivity contribution in [2.45, 2.75) is 11.5 Å². The van der Waals surface area contributed by atoms with Crippen molar-refractivity contribution in [2.75, 3.05) is 16.8 Å². The third kappa shape index (κ3) is 3.19. The highest BCUT2D eigenvalue weighted by molar-refractivity contribution is 8.19. The quantitative estimate of drug-likeness (QED) is 0.676. The molecule has 0 spiro atoms. The Kier molecular flexibility index (Phi) is 4.29. The summed E-state index contributed by atoms with van der Waals surface area (Å²) in [6, 6.07) is 15.8. The van der Waals surface area contributed by atoms with Crippen LogP contribution in [0.3, 0.4) is 0 Å². The van der Waals surface area contributed by atoms with Gasteiger partial charge in [-0.2, -0.15) is 0 Å². The average Bonchev–Trinajstić information content (AvgIpc) is 3.24. The van der Waals surface area contributed by atoms with Crippen LogP contribution in [0.5, 0.6) is 0 Å². The third-order valence-corrected chi connectivity index (χ3v) is 7.04. The molecular formula is C19H17NO2S2. The number of anilines is 1. The van der Waals surface area contributed by atoms with E-state index in [1.54, 1.807) is 6.07 Å². The van der Waals surface area contributed by atoms with Crippen molar-refractivity contribution in [3.05, 3.63) is 65.4 Å². The van der Waals surface area contributed by atoms with Crippen LogP contribution in [0.15, 0.2) is 52.9 Å². The molecule has 5 heteroatoms. The van der Waals surface area contributed by atoms with Crippen LogP contribution in [0, 0.1) is 6.92 Å². The van der Waals surface area contributed by atoms with E-state index in [4.69, 9.17) is 4.42 Å². The highest BCUT2D eigenvalue weighted by atomic mass is 32.2. The SMILES string of the molecule is Cc1ccc2oc(C(=O)Nc3cccc(C4SCCS4)c3)cc2c1. The predicted molar refractivity (Wildman–Crippen MR) is 103 cm³/mol. The van der Waals surface area contributed by atoms with Crippen LogP contribution in [0.4, 0.5) is 5.69 Å². The lowest BCUT2D eigenvalue weighted by atomic mass is 10.2. The summed E-state index contributed by atoms with van der Waals surface area (Å²) in [5.41, 5.74) is 3.94. The zero-order valence-corrected chi connectivity index (χ0v) is 14.9. The summed E-state index contributed by atoms with van der Waals surface area (Å²) in [4.78, 5) is 12.5. The fraction of sp³-hybridized carbons (Fsp3) is 0.211. The molecule has 122 valence electrons. The number of carbonyl (C=O) groups excluding carboxylic acids is 1. The number of nitrogens with one attached hydrogen (secondary N) is 1. The Bertz CT molecular complexity index is 897. The van der Waals surface area contributed by atoms with Crippen molar-refractivity contribution in [3.63, 3.8) is 0 Å². The normalized spacial score (nSPS) is 15.0. The van der Waals surface area contributed by atoms with Gasteiger partial charge in [0, 0.05) is 22.6 Å². The van der Waals surface area contributed by atoms with Gasteiger partial charge < -0.3 is 9.73 Å². The van der Waals surface area contributed by atoms with Gasteiger partial charge in [0.05, 0.1) is 4.58 Å². The largest absolute Gasteiger partial charge is 0.451 e. The maximum Gasteiger partial charge on any atom is 0.291 e. The van der Waals surface area contributed by atoms with E-state index < -0.39 is 0 Å². The molecule has 1 amide bonds. The first kappa shape index (κ1) is 15.7. The molecule has 0 radical (unpaired) electrons. The minimum atomic E-state index is -0.215. The van der Waals surface area contributed by atoms with Gasteiger partial charge in [0.1, 0.15) is 5.58 Å². The molecule has 0 atom stereocenters. The third-order valence-electron chi connectivity index (χ3n) is 3.93. The molecule has 2 aromatic carbocycles. The predicted octanol–water partition coefficient (Wildman–Crippen LogP) is 5.47. The first-order chi connectivity index (χ1) is 11.7. The number of aryl methyl sites for hydroxylation is 1. The molecule has 1 N–H and O–H groups in total. The number of furan rings is 1. The minimum Gasteiger partial charge on any atom is -0.451 e. The van der Waals surface area contributed by atoms with Crippen LogP contribution < -0.4 is 5.32 Å². The second-order valence-corrected chi connectivity index (χ2v) is 8.53. The second-order valence-electron chi connectivity index (χ2n) is 5.81. The van der Waals surface area contributed by atoms with Crippen LogP contribution in [0.25, 0.3) is 11.0 Å². The van der Waals surface area contributed by atoms with Crippen LogP contribution in [-0.4, -0.2) is 17.4 Å². The lowest BCUT2D eigenvalue weighted by Crippen LogP contribution is -2.10. The fourth-order valence-corrected chi connectivity index (χ4v) is 5.62. The van der Waals surface area contributed by atoms with Crippen molar-refractivity contribution in [2.24, 2.45) is 0 Å². The van der Waals surface area contributed by atoms with Crippen molar-refractivity contribution >= 4 is 46.1 Å². The summed E-state index contributed by atoms with van der Waals surface area (Å²) >= 11 is 3.91. The number of rotatable bonds is 3. The van der Waals surface area contributed by atoms with Crippen molar-refractivity contribution in [1.82, 2.24) is 0 Å². The molecule has 1 saturated heterocycles. The van der Waals surface area contributed by atoms with E-state index in [0.29, 0.717) is 10.3 Å². The smallest absolute Gasteiger partial charge is 0.291 e. The topological polar surface area (TPSA) is 42.2 Å². The molecule has 1 aliphatic heterocycles. The molecular weight excluding hydrogens is 338 g/mol. The number of fused-ring (bicyclic) bond motifs is 1. The first-order valence-electron chi connectivity index (χ1n) is 7.84. The van der Waals surface area contributed by atoms with Crippen LogP contribution in [-0.2, 0) is 0 Å². The number of hydrogen-bond acceptors (Lipinski definition) is 4. The number of amides is 1. The summed E-state index contributed by atoms with van der Waals surface area (Å²) in [6.07, 6.45) is 0. The van der Waals surface area contributed by atoms with E-state index in [1.807, 2.05) is 60.8 Å². The Morgan fingerprint density at radius 2 is 1.96 bits per heavy atom. The van der Waals surface area contributed by atoms with Gasteiger partial charge in [0.15, 0.2) is 5.76 Å².